The van der Waals surface area contributed by atoms with Crippen molar-refractivity contribution in [2.75, 3.05) is 26.2 Å². The number of halogens is 1. The SMILES string of the molecule is Cc1ccc([N+](=O)[O-])cc1S(=O)(=O)N1CCN(C(=O)Cc2ccccc2Cl)CC1. The molecule has 0 N–H and O–H groups in total. The van der Waals surface area contributed by atoms with Crippen LogP contribution >= 0.6 is 11.6 Å². The molecule has 1 saturated heterocycles. The van der Waals surface area contributed by atoms with Crippen molar-refractivity contribution in [3.63, 3.8) is 0 Å². The largest absolute Gasteiger partial charge is 0.340 e. The Balaban J connectivity index is 1.70. The van der Waals surface area contributed by atoms with E-state index in [4.69, 9.17) is 11.6 Å². The van der Waals surface area contributed by atoms with E-state index in [1.807, 2.05) is 0 Å². The monoisotopic (exact) mass is 437 g/mol. The molecule has 1 fully saturated rings. The highest BCUT2D eigenvalue weighted by Gasteiger charge is 2.32. The highest BCUT2D eigenvalue weighted by atomic mass is 35.5. The van der Waals surface area contributed by atoms with E-state index in [-0.39, 0.29) is 49.1 Å². The molecule has 1 amide bonds. The normalized spacial score (nSPS) is 15.3. The molecule has 2 aromatic carbocycles. The lowest BCUT2D eigenvalue weighted by atomic mass is 10.1. The fourth-order valence-corrected chi connectivity index (χ4v) is 5.08. The number of carbonyl (C=O) groups excluding carboxylic acids is 1. The zero-order chi connectivity index (χ0) is 21.2. The van der Waals surface area contributed by atoms with Gasteiger partial charge in [0.2, 0.25) is 15.9 Å². The Morgan fingerprint density at radius 2 is 1.79 bits per heavy atom. The summed E-state index contributed by atoms with van der Waals surface area (Å²) in [5.41, 5.74) is 0.886. The van der Waals surface area contributed by atoms with Crippen molar-refractivity contribution in [3.8, 4) is 0 Å². The number of nitro groups is 1. The minimum Gasteiger partial charge on any atom is -0.340 e. The van der Waals surface area contributed by atoms with E-state index in [9.17, 15) is 23.3 Å². The van der Waals surface area contributed by atoms with Gasteiger partial charge in [0.1, 0.15) is 0 Å². The molecule has 0 spiro atoms. The number of hydrogen-bond acceptors (Lipinski definition) is 5. The molecule has 10 heteroatoms. The second-order valence-corrected chi connectivity index (χ2v) is 9.07. The van der Waals surface area contributed by atoms with Gasteiger partial charge in [0.15, 0.2) is 0 Å². The Kier molecular flexibility index (Phi) is 6.21. The zero-order valence-electron chi connectivity index (χ0n) is 15.7. The van der Waals surface area contributed by atoms with Crippen LogP contribution < -0.4 is 0 Å². The topological polar surface area (TPSA) is 101 Å². The Morgan fingerprint density at radius 1 is 1.14 bits per heavy atom. The minimum atomic E-state index is -3.89. The number of carbonyl (C=O) groups is 1. The molecule has 8 nitrogen and oxygen atoms in total. The predicted octanol–water partition coefficient (Wildman–Crippen LogP) is 2.63. The fourth-order valence-electron chi connectivity index (χ4n) is 3.21. The van der Waals surface area contributed by atoms with Crippen molar-refractivity contribution in [1.29, 1.82) is 0 Å². The maximum absolute atomic E-state index is 13.0. The first-order chi connectivity index (χ1) is 13.7. The van der Waals surface area contributed by atoms with Gasteiger partial charge in [0, 0.05) is 43.3 Å². The van der Waals surface area contributed by atoms with Crippen molar-refractivity contribution < 1.29 is 18.1 Å². The number of amides is 1. The van der Waals surface area contributed by atoms with Gasteiger partial charge < -0.3 is 4.90 Å². The maximum atomic E-state index is 13.0. The lowest BCUT2D eigenvalue weighted by Gasteiger charge is -2.34. The third-order valence-electron chi connectivity index (χ3n) is 4.89. The first-order valence-corrected chi connectivity index (χ1v) is 10.8. The number of rotatable bonds is 5. The van der Waals surface area contributed by atoms with Crippen LogP contribution in [0.4, 0.5) is 5.69 Å². The average molecular weight is 438 g/mol. The number of hydrogen-bond donors (Lipinski definition) is 0. The van der Waals surface area contributed by atoms with Crippen LogP contribution in [0.25, 0.3) is 0 Å². The summed E-state index contributed by atoms with van der Waals surface area (Å²) >= 11 is 6.10. The van der Waals surface area contributed by atoms with Crippen LogP contribution in [0.5, 0.6) is 0 Å². The van der Waals surface area contributed by atoms with Gasteiger partial charge in [-0.15, -0.1) is 0 Å². The van der Waals surface area contributed by atoms with Crippen molar-refractivity contribution in [3.05, 3.63) is 68.7 Å². The van der Waals surface area contributed by atoms with Crippen LogP contribution in [0, 0.1) is 17.0 Å². The number of non-ortho nitro benzene ring substituents is 1. The van der Waals surface area contributed by atoms with Gasteiger partial charge in [-0.2, -0.15) is 4.31 Å². The Hall–Kier alpha value is -2.49. The minimum absolute atomic E-state index is 0.0810. The first-order valence-electron chi connectivity index (χ1n) is 8.96. The number of piperazine rings is 1. The average Bonchev–Trinajstić information content (AvgIpc) is 2.69. The molecule has 29 heavy (non-hydrogen) atoms. The Bertz CT molecular complexity index is 1050. The first kappa shape index (κ1) is 21.2. The van der Waals surface area contributed by atoms with Gasteiger partial charge in [-0.1, -0.05) is 35.9 Å². The van der Waals surface area contributed by atoms with E-state index in [0.29, 0.717) is 10.6 Å². The summed E-state index contributed by atoms with van der Waals surface area (Å²) in [6.07, 6.45) is 0.149. The van der Waals surface area contributed by atoms with Crippen molar-refractivity contribution in [2.45, 2.75) is 18.2 Å². The van der Waals surface area contributed by atoms with Gasteiger partial charge in [0.05, 0.1) is 16.2 Å². The number of nitrogens with zero attached hydrogens (tertiary/aromatic N) is 3. The third kappa shape index (κ3) is 4.58. The maximum Gasteiger partial charge on any atom is 0.270 e. The molecule has 0 unspecified atom stereocenters. The second kappa shape index (κ2) is 8.48. The molecule has 0 radical (unpaired) electrons. The van der Waals surface area contributed by atoms with E-state index in [1.165, 1.54) is 16.4 Å². The quantitative estimate of drug-likeness (QED) is 0.528. The lowest BCUT2D eigenvalue weighted by Crippen LogP contribution is -2.51. The smallest absolute Gasteiger partial charge is 0.270 e. The predicted molar refractivity (Wildman–Crippen MR) is 108 cm³/mol. The van der Waals surface area contributed by atoms with E-state index in [2.05, 4.69) is 0 Å². The zero-order valence-corrected chi connectivity index (χ0v) is 17.3. The molecule has 1 aliphatic rings. The van der Waals surface area contributed by atoms with Gasteiger partial charge in [-0.05, 0) is 24.1 Å². The van der Waals surface area contributed by atoms with Crippen LogP contribution in [0.1, 0.15) is 11.1 Å². The van der Waals surface area contributed by atoms with Crippen LogP contribution in [0.15, 0.2) is 47.4 Å². The number of benzene rings is 2. The molecule has 0 atom stereocenters. The van der Waals surface area contributed by atoms with Crippen molar-refractivity contribution in [1.82, 2.24) is 9.21 Å². The van der Waals surface area contributed by atoms with Gasteiger partial charge in [-0.25, -0.2) is 8.42 Å². The van der Waals surface area contributed by atoms with Gasteiger partial charge >= 0.3 is 0 Å². The molecule has 1 heterocycles. The molecule has 0 aromatic heterocycles. The third-order valence-corrected chi connectivity index (χ3v) is 7.30. The number of aryl methyl sites for hydroxylation is 1. The lowest BCUT2D eigenvalue weighted by molar-refractivity contribution is -0.385. The number of nitro benzene ring substituents is 1. The molecule has 0 saturated carbocycles. The summed E-state index contributed by atoms with van der Waals surface area (Å²) < 4.78 is 27.2. The molecule has 0 aliphatic carbocycles. The summed E-state index contributed by atoms with van der Waals surface area (Å²) in [6.45, 7) is 2.34. The second-order valence-electron chi connectivity index (χ2n) is 6.76. The summed E-state index contributed by atoms with van der Waals surface area (Å²) in [5.74, 6) is -0.123. The van der Waals surface area contributed by atoms with Crippen LogP contribution in [-0.2, 0) is 21.2 Å². The van der Waals surface area contributed by atoms with E-state index in [1.54, 1.807) is 36.1 Å². The highest BCUT2D eigenvalue weighted by Crippen LogP contribution is 2.26. The standard InChI is InChI=1S/C19H20ClN3O5S/c1-14-6-7-16(23(25)26)13-18(14)29(27,28)22-10-8-21(9-11-22)19(24)12-15-4-2-3-5-17(15)20/h2-7,13H,8-12H2,1H3. The molecule has 154 valence electrons. The van der Waals surface area contributed by atoms with Gasteiger partial charge in [-0.3, -0.25) is 14.9 Å². The summed E-state index contributed by atoms with van der Waals surface area (Å²) in [4.78, 5) is 24.5. The van der Waals surface area contributed by atoms with Crippen LogP contribution in [0.2, 0.25) is 5.02 Å². The summed E-state index contributed by atoms with van der Waals surface area (Å²) in [7, 11) is -3.89. The van der Waals surface area contributed by atoms with Crippen LogP contribution in [0.3, 0.4) is 0 Å². The summed E-state index contributed by atoms with van der Waals surface area (Å²) in [6, 6.07) is 10.9. The van der Waals surface area contributed by atoms with Crippen molar-refractivity contribution in [2.24, 2.45) is 0 Å². The number of sulfonamides is 1. The molecule has 0 bridgehead atoms. The highest BCUT2D eigenvalue weighted by molar-refractivity contribution is 7.89. The molecular formula is C19H20ClN3O5S. The van der Waals surface area contributed by atoms with Crippen molar-refractivity contribution >= 4 is 33.2 Å². The molecule has 2 aromatic rings. The fraction of sp³-hybridized carbons (Fsp3) is 0.316. The van der Waals surface area contributed by atoms with Gasteiger partial charge in [0.25, 0.3) is 5.69 Å². The Labute approximate surface area is 173 Å². The van der Waals surface area contributed by atoms with E-state index < -0.39 is 14.9 Å². The molecule has 3 rings (SSSR count). The molecule has 1 aliphatic heterocycles. The van der Waals surface area contributed by atoms with E-state index in [0.717, 1.165) is 11.6 Å². The molecular weight excluding hydrogens is 418 g/mol. The Morgan fingerprint density at radius 3 is 2.41 bits per heavy atom. The van der Waals surface area contributed by atoms with Crippen LogP contribution in [-0.4, -0.2) is 54.6 Å². The summed E-state index contributed by atoms with van der Waals surface area (Å²) in [5, 5.41) is 11.5. The van der Waals surface area contributed by atoms with E-state index >= 15 is 0 Å².